The molecule has 0 aromatic carbocycles. The Hall–Kier alpha value is -0.730. The minimum absolute atomic E-state index is 0.0956. The lowest BCUT2D eigenvalue weighted by atomic mass is 9.97. The van der Waals surface area contributed by atoms with E-state index in [-0.39, 0.29) is 11.8 Å². The van der Waals surface area contributed by atoms with E-state index in [4.69, 9.17) is 0 Å². The molecule has 1 saturated heterocycles. The van der Waals surface area contributed by atoms with Gasteiger partial charge in [0.25, 0.3) is 5.91 Å². The summed E-state index contributed by atoms with van der Waals surface area (Å²) in [5.41, 5.74) is 0. The van der Waals surface area contributed by atoms with E-state index in [9.17, 15) is 4.79 Å². The van der Waals surface area contributed by atoms with Crippen LogP contribution >= 0.6 is 43.2 Å². The van der Waals surface area contributed by atoms with Gasteiger partial charge in [0.1, 0.15) is 12.2 Å². The highest BCUT2D eigenvalue weighted by Crippen LogP contribution is 2.34. The van der Waals surface area contributed by atoms with Gasteiger partial charge in [0.05, 0.1) is 8.66 Å². The molecule has 1 aliphatic heterocycles. The summed E-state index contributed by atoms with van der Waals surface area (Å²) in [6.45, 7) is 1.51. The Morgan fingerprint density at radius 1 is 1.48 bits per heavy atom. The molecular formula is C13H14Br2N4OS. The second kappa shape index (κ2) is 6.18. The van der Waals surface area contributed by atoms with E-state index in [1.165, 1.54) is 11.3 Å². The van der Waals surface area contributed by atoms with Crippen molar-refractivity contribution in [3.8, 4) is 0 Å². The third-order valence-corrected chi connectivity index (χ3v) is 6.92. The van der Waals surface area contributed by atoms with Crippen LogP contribution in [0.3, 0.4) is 0 Å². The summed E-state index contributed by atoms with van der Waals surface area (Å²) >= 11 is 8.34. The number of piperidine rings is 1. The molecule has 0 radical (unpaired) electrons. The van der Waals surface area contributed by atoms with Crippen molar-refractivity contribution in [2.45, 2.75) is 18.8 Å². The number of carbonyl (C=O) groups is 1. The summed E-state index contributed by atoms with van der Waals surface area (Å²) in [5.74, 6) is 1.32. The number of amides is 1. The summed E-state index contributed by atoms with van der Waals surface area (Å²) < 4.78 is 3.82. The van der Waals surface area contributed by atoms with Gasteiger partial charge >= 0.3 is 0 Å². The molecule has 3 heterocycles. The van der Waals surface area contributed by atoms with Gasteiger partial charge in [0.2, 0.25) is 0 Å². The molecule has 1 unspecified atom stereocenters. The third kappa shape index (κ3) is 3.07. The van der Waals surface area contributed by atoms with Crippen molar-refractivity contribution in [2.24, 2.45) is 7.05 Å². The third-order valence-electron chi connectivity index (χ3n) is 3.68. The highest BCUT2D eigenvalue weighted by Gasteiger charge is 2.28. The van der Waals surface area contributed by atoms with E-state index in [0.717, 1.165) is 38.3 Å². The van der Waals surface area contributed by atoms with Crippen LogP contribution in [-0.4, -0.2) is 38.7 Å². The molecule has 1 aliphatic rings. The second-order valence-electron chi connectivity index (χ2n) is 5.12. The van der Waals surface area contributed by atoms with Crippen molar-refractivity contribution in [1.82, 2.24) is 19.7 Å². The summed E-state index contributed by atoms with van der Waals surface area (Å²) in [6.07, 6.45) is 3.76. The molecular weight excluding hydrogens is 420 g/mol. The Labute approximate surface area is 143 Å². The van der Waals surface area contributed by atoms with Crippen LogP contribution in [-0.2, 0) is 7.05 Å². The van der Waals surface area contributed by atoms with Gasteiger partial charge in [-0.2, -0.15) is 0 Å². The van der Waals surface area contributed by atoms with E-state index in [0.29, 0.717) is 6.54 Å². The van der Waals surface area contributed by atoms with Crippen LogP contribution in [0.1, 0.15) is 34.3 Å². The van der Waals surface area contributed by atoms with Crippen molar-refractivity contribution in [1.29, 1.82) is 0 Å². The maximum atomic E-state index is 12.6. The molecule has 1 atom stereocenters. The minimum Gasteiger partial charge on any atom is -0.337 e. The summed E-state index contributed by atoms with van der Waals surface area (Å²) in [7, 11) is 1.95. The minimum atomic E-state index is 0.0956. The van der Waals surface area contributed by atoms with Crippen molar-refractivity contribution in [2.75, 3.05) is 13.1 Å². The lowest BCUT2D eigenvalue weighted by Crippen LogP contribution is -2.39. The Bertz CT molecular complexity index is 649. The average molecular weight is 434 g/mol. The van der Waals surface area contributed by atoms with Gasteiger partial charge < -0.3 is 9.47 Å². The quantitative estimate of drug-likeness (QED) is 0.728. The van der Waals surface area contributed by atoms with Crippen LogP contribution in [0.25, 0.3) is 0 Å². The monoisotopic (exact) mass is 432 g/mol. The maximum Gasteiger partial charge on any atom is 0.264 e. The fourth-order valence-corrected chi connectivity index (χ4v) is 4.65. The Morgan fingerprint density at radius 3 is 2.90 bits per heavy atom. The molecule has 2 aromatic heterocycles. The lowest BCUT2D eigenvalue weighted by Gasteiger charge is -2.31. The molecule has 112 valence electrons. The predicted molar refractivity (Wildman–Crippen MR) is 88.6 cm³/mol. The van der Waals surface area contributed by atoms with Crippen molar-refractivity contribution in [3.63, 3.8) is 0 Å². The zero-order chi connectivity index (χ0) is 15.0. The van der Waals surface area contributed by atoms with Crippen molar-refractivity contribution < 1.29 is 4.79 Å². The van der Waals surface area contributed by atoms with Crippen LogP contribution in [0, 0.1) is 0 Å². The molecule has 0 saturated carbocycles. The van der Waals surface area contributed by atoms with Crippen LogP contribution in [0.15, 0.2) is 20.7 Å². The van der Waals surface area contributed by atoms with E-state index >= 15 is 0 Å². The lowest BCUT2D eigenvalue weighted by molar-refractivity contribution is 0.0708. The molecule has 5 nitrogen and oxygen atoms in total. The molecule has 0 spiro atoms. The maximum absolute atomic E-state index is 12.6. The number of nitrogens with zero attached hydrogens (tertiary/aromatic N) is 4. The van der Waals surface area contributed by atoms with Crippen molar-refractivity contribution >= 4 is 49.1 Å². The topological polar surface area (TPSA) is 51.0 Å². The number of aryl methyl sites for hydroxylation is 1. The predicted octanol–water partition coefficient (Wildman–Crippen LogP) is 3.42. The highest BCUT2D eigenvalue weighted by molar-refractivity contribution is 9.13. The van der Waals surface area contributed by atoms with E-state index < -0.39 is 0 Å². The first-order valence-corrected chi connectivity index (χ1v) is 9.04. The van der Waals surface area contributed by atoms with Gasteiger partial charge in [-0.1, -0.05) is 0 Å². The summed E-state index contributed by atoms with van der Waals surface area (Å²) in [6, 6.07) is 1.88. The molecule has 0 bridgehead atoms. The average Bonchev–Trinajstić information content (AvgIpc) is 3.05. The largest absolute Gasteiger partial charge is 0.337 e. The first-order chi connectivity index (χ1) is 10.1. The standard InChI is InChI=1S/C13H14Br2N4OS/c1-18-7-16-17-12(18)8-3-2-4-19(6-8)13(20)10-5-9(14)11(15)21-10/h5,7-8H,2-4,6H2,1H3. The Balaban J connectivity index is 1.77. The fraction of sp³-hybridized carbons (Fsp3) is 0.462. The summed E-state index contributed by atoms with van der Waals surface area (Å²) in [4.78, 5) is 15.3. The smallest absolute Gasteiger partial charge is 0.264 e. The molecule has 0 N–H and O–H groups in total. The highest BCUT2D eigenvalue weighted by atomic mass is 79.9. The number of aromatic nitrogens is 3. The van der Waals surface area contributed by atoms with Crippen LogP contribution < -0.4 is 0 Å². The second-order valence-corrected chi connectivity index (χ2v) is 8.35. The SMILES string of the molecule is Cn1cnnc1C1CCCN(C(=O)c2cc(Br)c(Br)s2)C1. The number of carbonyl (C=O) groups excluding carboxylic acids is 1. The number of hydrogen-bond acceptors (Lipinski definition) is 4. The molecule has 1 fully saturated rings. The zero-order valence-corrected chi connectivity index (χ0v) is 15.4. The first kappa shape index (κ1) is 15.2. The van der Waals surface area contributed by atoms with Gasteiger partial charge in [-0.05, 0) is 50.8 Å². The van der Waals surface area contributed by atoms with Gasteiger partial charge in [0, 0.05) is 30.5 Å². The Kier molecular flexibility index (Phi) is 4.46. The fourth-order valence-electron chi connectivity index (χ4n) is 2.64. The van der Waals surface area contributed by atoms with Crippen LogP contribution in [0.4, 0.5) is 0 Å². The van der Waals surface area contributed by atoms with Gasteiger partial charge in [-0.3, -0.25) is 4.79 Å². The molecule has 0 aliphatic carbocycles. The molecule has 2 aromatic rings. The molecule has 3 rings (SSSR count). The van der Waals surface area contributed by atoms with E-state index in [1.807, 2.05) is 22.6 Å². The van der Waals surface area contributed by atoms with Gasteiger partial charge in [-0.15, -0.1) is 21.5 Å². The summed E-state index contributed by atoms with van der Waals surface area (Å²) in [5, 5.41) is 8.13. The number of halogens is 2. The first-order valence-electron chi connectivity index (χ1n) is 6.64. The number of likely N-dealkylation sites (tertiary alicyclic amines) is 1. The Morgan fingerprint density at radius 2 is 2.29 bits per heavy atom. The normalized spacial score (nSPS) is 19.0. The number of hydrogen-bond donors (Lipinski definition) is 0. The van der Waals surface area contributed by atoms with E-state index in [2.05, 4.69) is 42.1 Å². The van der Waals surface area contributed by atoms with Crippen LogP contribution in [0.2, 0.25) is 0 Å². The van der Waals surface area contributed by atoms with Gasteiger partial charge in [0.15, 0.2) is 0 Å². The zero-order valence-electron chi connectivity index (χ0n) is 11.4. The molecule has 21 heavy (non-hydrogen) atoms. The number of thiophene rings is 1. The van der Waals surface area contributed by atoms with Gasteiger partial charge in [-0.25, -0.2) is 0 Å². The van der Waals surface area contributed by atoms with Crippen molar-refractivity contribution in [3.05, 3.63) is 31.4 Å². The molecule has 1 amide bonds. The van der Waals surface area contributed by atoms with E-state index in [1.54, 1.807) is 6.33 Å². The molecule has 8 heteroatoms. The number of rotatable bonds is 2. The van der Waals surface area contributed by atoms with Crippen LogP contribution in [0.5, 0.6) is 0 Å².